The average molecular weight is 253 g/mol. The fraction of sp³-hybridized carbons (Fsp3) is 0.267. The van der Waals surface area contributed by atoms with Crippen molar-refractivity contribution in [3.63, 3.8) is 0 Å². The molecule has 0 spiro atoms. The third-order valence-electron chi connectivity index (χ3n) is 3.63. The molecule has 4 heteroatoms. The van der Waals surface area contributed by atoms with Gasteiger partial charge in [-0.15, -0.1) is 0 Å². The molecule has 1 N–H and O–H groups in total. The Hall–Kier alpha value is -2.23. The van der Waals surface area contributed by atoms with E-state index < -0.39 is 0 Å². The van der Waals surface area contributed by atoms with E-state index in [4.69, 9.17) is 0 Å². The van der Waals surface area contributed by atoms with Crippen molar-refractivity contribution >= 4 is 11.6 Å². The first-order chi connectivity index (χ1) is 9.04. The normalized spacial score (nSPS) is 13.3. The maximum Gasteiger partial charge on any atom is 0.228 e. The number of benzene rings is 1. The van der Waals surface area contributed by atoms with Crippen LogP contribution in [0.3, 0.4) is 0 Å². The van der Waals surface area contributed by atoms with Crippen LogP contribution in [-0.2, 0) is 11.2 Å². The Morgan fingerprint density at radius 2 is 1.79 bits per heavy atom. The molecule has 2 heterocycles. The second-order valence-electron chi connectivity index (χ2n) is 4.94. The highest BCUT2D eigenvalue weighted by molar-refractivity contribution is 5.99. The summed E-state index contributed by atoms with van der Waals surface area (Å²) in [7, 11) is 0. The van der Waals surface area contributed by atoms with Gasteiger partial charge >= 0.3 is 0 Å². The summed E-state index contributed by atoms with van der Waals surface area (Å²) >= 11 is 0. The molecule has 1 aromatic heterocycles. The van der Waals surface area contributed by atoms with Crippen molar-refractivity contribution in [2.45, 2.75) is 27.2 Å². The largest absolute Gasteiger partial charge is 0.326 e. The molecule has 96 valence electrons. The molecule has 0 fully saturated rings. The van der Waals surface area contributed by atoms with Crippen LogP contribution in [0.1, 0.15) is 22.5 Å². The number of anilines is 1. The molecule has 0 unspecified atom stereocenters. The smallest absolute Gasteiger partial charge is 0.228 e. The van der Waals surface area contributed by atoms with Gasteiger partial charge < -0.3 is 5.32 Å². The van der Waals surface area contributed by atoms with Crippen LogP contribution in [0, 0.1) is 20.8 Å². The van der Waals surface area contributed by atoms with Crippen molar-refractivity contribution in [3.05, 3.63) is 40.7 Å². The first-order valence-electron chi connectivity index (χ1n) is 6.29. The zero-order chi connectivity index (χ0) is 13.6. The third-order valence-corrected chi connectivity index (χ3v) is 3.63. The number of carbonyl (C=O) groups is 1. The molecule has 0 bridgehead atoms. The minimum atomic E-state index is 0.0457. The lowest BCUT2D eigenvalue weighted by Crippen LogP contribution is -2.03. The van der Waals surface area contributed by atoms with Crippen LogP contribution in [0.2, 0.25) is 0 Å². The lowest BCUT2D eigenvalue weighted by Gasteiger charge is -2.08. The van der Waals surface area contributed by atoms with Gasteiger partial charge in [-0.25, -0.2) is 9.97 Å². The monoisotopic (exact) mass is 253 g/mol. The number of amides is 1. The Kier molecular flexibility index (Phi) is 2.59. The van der Waals surface area contributed by atoms with Gasteiger partial charge in [-0.1, -0.05) is 12.1 Å². The van der Waals surface area contributed by atoms with Gasteiger partial charge in [0.25, 0.3) is 0 Å². The van der Waals surface area contributed by atoms with Crippen LogP contribution in [-0.4, -0.2) is 15.9 Å². The van der Waals surface area contributed by atoms with Gasteiger partial charge in [-0.2, -0.15) is 0 Å². The molecular weight excluding hydrogens is 238 g/mol. The molecule has 0 saturated carbocycles. The molecule has 2 aromatic rings. The highest BCUT2D eigenvalue weighted by Crippen LogP contribution is 2.28. The highest BCUT2D eigenvalue weighted by atomic mass is 16.1. The number of fused-ring (bicyclic) bond motifs is 1. The van der Waals surface area contributed by atoms with Gasteiger partial charge in [-0.05, 0) is 38.0 Å². The Morgan fingerprint density at radius 1 is 1.11 bits per heavy atom. The summed E-state index contributed by atoms with van der Waals surface area (Å²) in [6.07, 6.45) is 0.461. The minimum absolute atomic E-state index is 0.0457. The number of hydrogen-bond acceptors (Lipinski definition) is 3. The lowest BCUT2D eigenvalue weighted by molar-refractivity contribution is -0.115. The van der Waals surface area contributed by atoms with Gasteiger partial charge in [0.2, 0.25) is 5.91 Å². The average Bonchev–Trinajstić information content (AvgIpc) is 2.74. The Balaban J connectivity index is 2.09. The molecule has 0 aliphatic carbocycles. The van der Waals surface area contributed by atoms with E-state index in [1.807, 2.05) is 39.0 Å². The maximum atomic E-state index is 11.4. The molecule has 0 radical (unpaired) electrons. The predicted molar refractivity (Wildman–Crippen MR) is 74.0 cm³/mol. The quantitative estimate of drug-likeness (QED) is 0.849. The van der Waals surface area contributed by atoms with E-state index in [-0.39, 0.29) is 5.91 Å². The molecule has 0 atom stereocenters. The first kappa shape index (κ1) is 11.8. The highest BCUT2D eigenvalue weighted by Gasteiger charge is 2.18. The van der Waals surface area contributed by atoms with E-state index in [2.05, 4.69) is 15.3 Å². The summed E-state index contributed by atoms with van der Waals surface area (Å²) in [5, 5.41) is 2.85. The van der Waals surface area contributed by atoms with Crippen molar-refractivity contribution < 1.29 is 4.79 Å². The van der Waals surface area contributed by atoms with Crippen molar-refractivity contribution in [1.82, 2.24) is 9.97 Å². The van der Waals surface area contributed by atoms with E-state index >= 15 is 0 Å². The maximum absolute atomic E-state index is 11.4. The van der Waals surface area contributed by atoms with Crippen LogP contribution in [0.25, 0.3) is 11.4 Å². The number of aryl methyl sites for hydroxylation is 2. The van der Waals surface area contributed by atoms with Crippen molar-refractivity contribution in [3.8, 4) is 11.4 Å². The Labute approximate surface area is 111 Å². The summed E-state index contributed by atoms with van der Waals surface area (Å²) in [4.78, 5) is 20.4. The number of carbonyl (C=O) groups excluding carboxylic acids is 1. The van der Waals surface area contributed by atoms with Crippen LogP contribution in [0.5, 0.6) is 0 Å². The number of hydrogen-bond donors (Lipinski definition) is 1. The van der Waals surface area contributed by atoms with E-state index in [1.165, 1.54) is 0 Å². The van der Waals surface area contributed by atoms with E-state index in [9.17, 15) is 4.79 Å². The topological polar surface area (TPSA) is 54.9 Å². The molecule has 1 aliphatic rings. The Bertz CT molecular complexity index is 669. The van der Waals surface area contributed by atoms with Gasteiger partial charge in [0.1, 0.15) is 0 Å². The SMILES string of the molecule is Cc1nc(-c2ccc3c(c2)NC(=O)C3)nc(C)c1C. The third kappa shape index (κ3) is 1.99. The fourth-order valence-corrected chi connectivity index (χ4v) is 2.25. The van der Waals surface area contributed by atoms with Crippen LogP contribution in [0.15, 0.2) is 18.2 Å². The summed E-state index contributed by atoms with van der Waals surface area (Å²) in [6.45, 7) is 6.00. The van der Waals surface area contributed by atoms with Gasteiger partial charge in [0.05, 0.1) is 6.42 Å². The van der Waals surface area contributed by atoms with E-state index in [0.29, 0.717) is 12.2 Å². The van der Waals surface area contributed by atoms with E-state index in [0.717, 1.165) is 33.8 Å². The second-order valence-corrected chi connectivity index (χ2v) is 4.94. The zero-order valence-electron chi connectivity index (χ0n) is 11.2. The van der Waals surface area contributed by atoms with Crippen molar-refractivity contribution in [2.75, 3.05) is 5.32 Å². The second kappa shape index (κ2) is 4.16. The molecule has 1 aliphatic heterocycles. The van der Waals surface area contributed by atoms with Gasteiger partial charge in [0, 0.05) is 22.6 Å². The molecule has 19 heavy (non-hydrogen) atoms. The number of nitrogens with one attached hydrogen (secondary N) is 1. The standard InChI is InChI=1S/C15H15N3O/c1-8-9(2)16-15(17-10(8)3)12-5-4-11-7-14(19)18-13(11)6-12/h4-6H,7H2,1-3H3,(H,18,19). The molecule has 1 aromatic carbocycles. The van der Waals surface area contributed by atoms with Crippen molar-refractivity contribution in [1.29, 1.82) is 0 Å². The summed E-state index contributed by atoms with van der Waals surface area (Å²) in [5.41, 5.74) is 5.96. The summed E-state index contributed by atoms with van der Waals surface area (Å²) in [5.74, 6) is 0.758. The number of nitrogens with zero attached hydrogens (tertiary/aromatic N) is 2. The molecular formula is C15H15N3O. The summed E-state index contributed by atoms with van der Waals surface area (Å²) in [6, 6.07) is 5.89. The number of aromatic nitrogens is 2. The van der Waals surface area contributed by atoms with Gasteiger partial charge in [-0.3, -0.25) is 4.79 Å². The van der Waals surface area contributed by atoms with Crippen LogP contribution >= 0.6 is 0 Å². The molecule has 1 amide bonds. The summed E-state index contributed by atoms with van der Waals surface area (Å²) < 4.78 is 0. The molecule has 3 rings (SSSR count). The van der Waals surface area contributed by atoms with Gasteiger partial charge in [0.15, 0.2) is 5.82 Å². The van der Waals surface area contributed by atoms with Crippen molar-refractivity contribution in [2.24, 2.45) is 0 Å². The van der Waals surface area contributed by atoms with E-state index in [1.54, 1.807) is 0 Å². The Morgan fingerprint density at radius 3 is 2.47 bits per heavy atom. The first-order valence-corrected chi connectivity index (χ1v) is 6.29. The predicted octanol–water partition coefficient (Wildman–Crippen LogP) is 2.56. The van der Waals surface area contributed by atoms with Crippen LogP contribution in [0.4, 0.5) is 5.69 Å². The lowest BCUT2D eigenvalue weighted by atomic mass is 10.1. The minimum Gasteiger partial charge on any atom is -0.326 e. The number of rotatable bonds is 1. The zero-order valence-corrected chi connectivity index (χ0v) is 11.2. The fourth-order valence-electron chi connectivity index (χ4n) is 2.25. The molecule has 4 nitrogen and oxygen atoms in total. The van der Waals surface area contributed by atoms with Crippen LogP contribution < -0.4 is 5.32 Å². The molecule has 0 saturated heterocycles.